The molecule has 0 atom stereocenters. The van der Waals surface area contributed by atoms with Crippen LogP contribution in [0.4, 0.5) is 0 Å². The zero-order chi connectivity index (χ0) is 7.94. The summed E-state index contributed by atoms with van der Waals surface area (Å²) in [5.41, 5.74) is 0. The van der Waals surface area contributed by atoms with Crippen molar-refractivity contribution in [3.05, 3.63) is 6.26 Å². The molecule has 65 valence electrons. The van der Waals surface area contributed by atoms with E-state index in [0.717, 1.165) is 5.92 Å². The fraction of sp³-hybridized carbons (Fsp3) is 0.900. The molecule has 0 aromatic rings. The lowest BCUT2D eigenvalue weighted by Crippen LogP contribution is -2.05. The Balaban J connectivity index is 2.15. The smallest absolute Gasteiger partial charge is 0.00236 e. The average molecular weight is 171 g/mol. The maximum Gasteiger partial charge on any atom is 0.00236 e. The Bertz CT molecular complexity index is 82.9. The van der Waals surface area contributed by atoms with Crippen molar-refractivity contribution in [3.8, 4) is 0 Å². The quantitative estimate of drug-likeness (QED) is 0.607. The lowest BCUT2D eigenvalue weighted by atomic mass is 9.93. The van der Waals surface area contributed by atoms with E-state index in [2.05, 4.69) is 6.26 Å². The summed E-state index contributed by atoms with van der Waals surface area (Å²) in [6, 6.07) is 0. The van der Waals surface area contributed by atoms with Gasteiger partial charge in [0.25, 0.3) is 0 Å². The van der Waals surface area contributed by atoms with Crippen LogP contribution in [0.2, 0.25) is 0 Å². The number of hydrogen-bond donors (Lipinski definition) is 0. The van der Waals surface area contributed by atoms with Crippen LogP contribution < -0.4 is 0 Å². The molecule has 1 aliphatic carbocycles. The van der Waals surface area contributed by atoms with E-state index < -0.39 is 0 Å². The monoisotopic (exact) mass is 171 g/mol. The van der Waals surface area contributed by atoms with E-state index in [1.807, 2.05) is 0 Å². The molecule has 11 heavy (non-hydrogen) atoms. The van der Waals surface area contributed by atoms with Gasteiger partial charge in [0.15, 0.2) is 0 Å². The molecule has 0 aromatic carbocycles. The Morgan fingerprint density at radius 3 is 2.09 bits per heavy atom. The summed E-state index contributed by atoms with van der Waals surface area (Å²) in [5, 5.41) is 0. The van der Waals surface area contributed by atoms with Crippen molar-refractivity contribution >= 4 is 11.8 Å². The van der Waals surface area contributed by atoms with E-state index in [0.29, 0.717) is 0 Å². The molecule has 1 radical (unpaired) electrons. The minimum absolute atomic E-state index is 0.984. The first-order chi connectivity index (χ1) is 5.43. The molecule has 0 spiro atoms. The molecule has 0 bridgehead atoms. The van der Waals surface area contributed by atoms with Crippen LogP contribution >= 0.6 is 11.8 Å². The molecule has 0 heterocycles. The average Bonchev–Trinajstić information content (AvgIpc) is 1.94. The van der Waals surface area contributed by atoms with Crippen LogP contribution in [-0.2, 0) is 0 Å². The normalized spacial score (nSPS) is 22.6. The summed E-state index contributed by atoms with van der Waals surface area (Å²) in [7, 11) is 0. The van der Waals surface area contributed by atoms with Crippen molar-refractivity contribution in [2.24, 2.45) is 5.92 Å². The van der Waals surface area contributed by atoms with Crippen molar-refractivity contribution in [2.45, 2.75) is 44.9 Å². The third-order valence-corrected chi connectivity index (χ3v) is 3.29. The molecule has 0 aliphatic heterocycles. The largest absolute Gasteiger partial charge is 0.161 e. The van der Waals surface area contributed by atoms with Crippen molar-refractivity contribution < 1.29 is 0 Å². The van der Waals surface area contributed by atoms with E-state index in [1.54, 1.807) is 11.8 Å². The third-order valence-electron chi connectivity index (χ3n) is 2.58. The van der Waals surface area contributed by atoms with E-state index in [9.17, 15) is 0 Å². The minimum atomic E-state index is 0.984. The number of hydrogen-bond acceptors (Lipinski definition) is 1. The van der Waals surface area contributed by atoms with Crippen molar-refractivity contribution in [1.82, 2.24) is 0 Å². The van der Waals surface area contributed by atoms with Gasteiger partial charge in [0.05, 0.1) is 0 Å². The highest BCUT2D eigenvalue weighted by Gasteiger charge is 2.09. The summed E-state index contributed by atoms with van der Waals surface area (Å²) < 4.78 is 0. The molecule has 1 rings (SSSR count). The van der Waals surface area contributed by atoms with Crippen molar-refractivity contribution in [2.75, 3.05) is 5.75 Å². The Kier molecular flexibility index (Phi) is 5.09. The second-order valence-corrected chi connectivity index (χ2v) is 4.32. The Morgan fingerprint density at radius 1 is 1.00 bits per heavy atom. The lowest BCUT2D eigenvalue weighted by Gasteiger charge is -2.17. The predicted octanol–water partition coefficient (Wildman–Crippen LogP) is 3.87. The standard InChI is InChI=1S/C10H19S/c1-11-9-10-7-5-3-2-4-6-8-10/h10H,1-9H2. The second kappa shape index (κ2) is 5.93. The molecule has 1 heteroatoms. The summed E-state index contributed by atoms with van der Waals surface area (Å²) >= 11 is 1.77. The van der Waals surface area contributed by atoms with Crippen LogP contribution in [0.1, 0.15) is 44.9 Å². The number of rotatable bonds is 2. The van der Waals surface area contributed by atoms with Crippen molar-refractivity contribution in [1.29, 1.82) is 0 Å². The fourth-order valence-electron chi connectivity index (χ4n) is 1.87. The Hall–Kier alpha value is 0.350. The van der Waals surface area contributed by atoms with Gasteiger partial charge >= 0.3 is 0 Å². The van der Waals surface area contributed by atoms with Crippen LogP contribution in [-0.4, -0.2) is 5.75 Å². The van der Waals surface area contributed by atoms with E-state index >= 15 is 0 Å². The lowest BCUT2D eigenvalue weighted by molar-refractivity contribution is 0.409. The molecule has 0 N–H and O–H groups in total. The van der Waals surface area contributed by atoms with Crippen LogP contribution in [0, 0.1) is 12.2 Å². The van der Waals surface area contributed by atoms with Gasteiger partial charge in [-0.25, -0.2) is 0 Å². The maximum atomic E-state index is 3.85. The first kappa shape index (κ1) is 9.44. The van der Waals surface area contributed by atoms with Gasteiger partial charge in [-0.3, -0.25) is 0 Å². The van der Waals surface area contributed by atoms with Crippen LogP contribution in [0.3, 0.4) is 0 Å². The van der Waals surface area contributed by atoms with Gasteiger partial charge in [-0.2, -0.15) is 11.8 Å². The molecule has 0 saturated heterocycles. The molecule has 0 nitrogen and oxygen atoms in total. The molecule has 0 unspecified atom stereocenters. The van der Waals surface area contributed by atoms with E-state index in [-0.39, 0.29) is 0 Å². The first-order valence-electron chi connectivity index (χ1n) is 4.80. The fourth-order valence-corrected chi connectivity index (χ4v) is 2.54. The Morgan fingerprint density at radius 2 is 1.55 bits per heavy atom. The first-order valence-corrected chi connectivity index (χ1v) is 5.96. The predicted molar refractivity (Wildman–Crippen MR) is 53.6 cm³/mol. The zero-order valence-electron chi connectivity index (χ0n) is 7.35. The molecule has 1 aliphatic rings. The summed E-state index contributed by atoms with van der Waals surface area (Å²) in [6.45, 7) is 0. The molecular weight excluding hydrogens is 152 g/mol. The molecule has 1 fully saturated rings. The van der Waals surface area contributed by atoms with Gasteiger partial charge in [0, 0.05) is 6.26 Å². The topological polar surface area (TPSA) is 0 Å². The highest BCUT2D eigenvalue weighted by atomic mass is 32.2. The summed E-state index contributed by atoms with van der Waals surface area (Å²) in [5.74, 6) is 2.28. The maximum absolute atomic E-state index is 3.85. The Labute approximate surface area is 75.1 Å². The highest BCUT2D eigenvalue weighted by Crippen LogP contribution is 2.24. The van der Waals surface area contributed by atoms with Gasteiger partial charge in [-0.05, 0) is 24.5 Å². The van der Waals surface area contributed by atoms with E-state index in [4.69, 9.17) is 0 Å². The second-order valence-electron chi connectivity index (χ2n) is 3.58. The summed E-state index contributed by atoms with van der Waals surface area (Å²) in [6.07, 6.45) is 14.1. The zero-order valence-corrected chi connectivity index (χ0v) is 8.17. The van der Waals surface area contributed by atoms with Gasteiger partial charge < -0.3 is 0 Å². The number of thioether (sulfide) groups is 1. The third kappa shape index (κ3) is 4.05. The highest BCUT2D eigenvalue weighted by molar-refractivity contribution is 8.00. The van der Waals surface area contributed by atoms with Gasteiger partial charge in [0.1, 0.15) is 0 Å². The van der Waals surface area contributed by atoms with Crippen LogP contribution in [0.15, 0.2) is 0 Å². The molecular formula is C10H19S. The van der Waals surface area contributed by atoms with E-state index in [1.165, 1.54) is 50.7 Å². The van der Waals surface area contributed by atoms with Crippen molar-refractivity contribution in [3.63, 3.8) is 0 Å². The minimum Gasteiger partial charge on any atom is -0.161 e. The summed E-state index contributed by atoms with van der Waals surface area (Å²) in [4.78, 5) is 0. The van der Waals surface area contributed by atoms with Gasteiger partial charge in [0.2, 0.25) is 0 Å². The van der Waals surface area contributed by atoms with Gasteiger partial charge in [-0.15, -0.1) is 0 Å². The van der Waals surface area contributed by atoms with Crippen LogP contribution in [0.5, 0.6) is 0 Å². The van der Waals surface area contributed by atoms with Gasteiger partial charge in [-0.1, -0.05) is 32.1 Å². The SMILES string of the molecule is [CH2]SCC1CCCCCCC1. The molecule has 1 saturated carbocycles. The van der Waals surface area contributed by atoms with Crippen LogP contribution in [0.25, 0.3) is 0 Å². The molecule has 0 amide bonds. The molecule has 0 aromatic heterocycles.